The topological polar surface area (TPSA) is 15.3 Å². The van der Waals surface area contributed by atoms with Gasteiger partial charge in [0.05, 0.1) is 0 Å². The Morgan fingerprint density at radius 2 is 1.18 bits per heavy atom. The maximum absolute atomic E-state index is 3.56. The second-order valence-electron chi connectivity index (χ2n) is 7.37. The summed E-state index contributed by atoms with van der Waals surface area (Å²) < 4.78 is 0. The molecule has 0 aromatic rings. The van der Waals surface area contributed by atoms with Crippen molar-refractivity contribution in [1.82, 2.24) is 10.2 Å². The molecule has 0 bridgehead atoms. The van der Waals surface area contributed by atoms with Crippen molar-refractivity contribution < 1.29 is 0 Å². The molecule has 132 valence electrons. The number of nitrogens with one attached hydrogen (secondary N) is 1. The molecule has 0 aromatic heterocycles. The summed E-state index contributed by atoms with van der Waals surface area (Å²) in [5, 5.41) is 3.46. The van der Waals surface area contributed by atoms with Crippen molar-refractivity contribution in [2.24, 2.45) is 0 Å². The maximum atomic E-state index is 3.56. The van der Waals surface area contributed by atoms with Crippen molar-refractivity contribution in [2.45, 2.75) is 73.9 Å². The molecule has 1 rings (SSSR count). The first kappa shape index (κ1) is 26.1. The van der Waals surface area contributed by atoms with Crippen molar-refractivity contribution in [2.75, 3.05) is 20.1 Å². The molecule has 0 aromatic carbocycles. The second kappa shape index (κ2) is 13.8. The lowest BCUT2D eigenvalue weighted by atomic mass is 9.92. The third-order valence-corrected chi connectivity index (χ3v) is 2.94. The highest BCUT2D eigenvalue weighted by atomic mass is 15.2. The normalized spacial score (nSPS) is 19.1. The van der Waals surface area contributed by atoms with Crippen LogP contribution in [0.25, 0.3) is 0 Å². The van der Waals surface area contributed by atoms with Crippen LogP contribution < -0.4 is 5.32 Å². The summed E-state index contributed by atoms with van der Waals surface area (Å²) in [4.78, 5) is 2.41. The molecule has 0 amide bonds. The van der Waals surface area contributed by atoms with Gasteiger partial charge in [0.1, 0.15) is 0 Å². The van der Waals surface area contributed by atoms with Gasteiger partial charge in [-0.2, -0.15) is 0 Å². The first-order valence-corrected chi connectivity index (χ1v) is 8.06. The molecule has 0 spiro atoms. The lowest BCUT2D eigenvalue weighted by Crippen LogP contribution is -2.61. The largest absolute Gasteiger partial charge is 0.311 e. The Balaban J connectivity index is -0.000000253. The number of allylic oxidation sites excluding steroid dienone is 3. The Hall–Kier alpha value is -0.860. The van der Waals surface area contributed by atoms with Gasteiger partial charge in [0, 0.05) is 24.7 Å². The maximum Gasteiger partial charge on any atom is 0.0301 e. The number of nitrogens with zero attached hydrogens (tertiary/aromatic N) is 1. The summed E-state index contributed by atoms with van der Waals surface area (Å²) >= 11 is 0. The van der Waals surface area contributed by atoms with E-state index < -0.39 is 0 Å². The lowest BCUT2D eigenvalue weighted by molar-refractivity contribution is 0.0821. The van der Waals surface area contributed by atoms with Crippen molar-refractivity contribution in [3.8, 4) is 0 Å². The molecule has 0 saturated carbocycles. The molecule has 1 unspecified atom stereocenters. The van der Waals surface area contributed by atoms with Gasteiger partial charge in [0.2, 0.25) is 0 Å². The van der Waals surface area contributed by atoms with Crippen LogP contribution in [0.3, 0.4) is 0 Å². The first-order chi connectivity index (χ1) is 9.74. The van der Waals surface area contributed by atoms with E-state index >= 15 is 0 Å². The predicted octanol–water partition coefficient (Wildman–Crippen LogP) is 5.44. The van der Waals surface area contributed by atoms with E-state index in [1.54, 1.807) is 0 Å². The van der Waals surface area contributed by atoms with E-state index in [9.17, 15) is 0 Å². The third kappa shape index (κ3) is 21.4. The van der Waals surface area contributed by atoms with Crippen molar-refractivity contribution in [3.05, 3.63) is 36.5 Å². The summed E-state index contributed by atoms with van der Waals surface area (Å²) in [6, 6.07) is 0.603. The van der Waals surface area contributed by atoms with Gasteiger partial charge < -0.3 is 5.32 Å². The molecule has 1 fully saturated rings. The van der Waals surface area contributed by atoms with Gasteiger partial charge >= 0.3 is 0 Å². The van der Waals surface area contributed by atoms with E-state index in [-0.39, 0.29) is 0 Å². The molecule has 1 aliphatic heterocycles. The molecular weight excluding hydrogens is 268 g/mol. The summed E-state index contributed by atoms with van der Waals surface area (Å²) in [6.45, 7) is 31.6. The Labute approximate surface area is 141 Å². The smallest absolute Gasteiger partial charge is 0.0301 e. The molecule has 22 heavy (non-hydrogen) atoms. The van der Waals surface area contributed by atoms with E-state index in [0.29, 0.717) is 11.6 Å². The van der Waals surface area contributed by atoms with Crippen LogP contribution in [0.4, 0.5) is 0 Å². The number of rotatable bonds is 0. The molecule has 2 nitrogen and oxygen atoms in total. The Bertz CT molecular complexity index is 274. The first-order valence-electron chi connectivity index (χ1n) is 8.06. The number of likely N-dealkylation sites (N-methyl/N-ethyl adjacent to an activating group) is 1. The summed E-state index contributed by atoms with van der Waals surface area (Å²) in [7, 11) is 2.19. The van der Waals surface area contributed by atoms with Gasteiger partial charge in [0.25, 0.3) is 0 Å². The fraction of sp³-hybridized carbons (Fsp3) is 0.700. The molecule has 1 atom stereocenters. The van der Waals surface area contributed by atoms with Gasteiger partial charge in [-0.1, -0.05) is 16.7 Å². The average molecular weight is 311 g/mol. The van der Waals surface area contributed by atoms with Crippen LogP contribution in [0.5, 0.6) is 0 Å². The monoisotopic (exact) mass is 310 g/mol. The molecule has 2 heteroatoms. The van der Waals surface area contributed by atoms with Gasteiger partial charge in [-0.25, -0.2) is 0 Å². The zero-order valence-corrected chi connectivity index (χ0v) is 17.1. The van der Waals surface area contributed by atoms with Crippen LogP contribution in [-0.2, 0) is 0 Å². The van der Waals surface area contributed by atoms with Gasteiger partial charge in [-0.05, 0) is 69.4 Å². The number of hydrogen-bond donors (Lipinski definition) is 1. The minimum Gasteiger partial charge on any atom is -0.311 e. The fourth-order valence-electron chi connectivity index (χ4n) is 1.32. The minimum atomic E-state index is 0.318. The zero-order chi connectivity index (χ0) is 18.5. The van der Waals surface area contributed by atoms with Gasteiger partial charge in [0.15, 0.2) is 0 Å². The van der Waals surface area contributed by atoms with Crippen LogP contribution in [0.2, 0.25) is 0 Å². The van der Waals surface area contributed by atoms with E-state index in [2.05, 4.69) is 57.8 Å². The summed E-state index contributed by atoms with van der Waals surface area (Å²) in [5.74, 6) is 0. The molecule has 0 aliphatic carbocycles. The summed E-state index contributed by atoms with van der Waals surface area (Å²) in [6.07, 6.45) is 0. The molecular formula is C20H42N2. The van der Waals surface area contributed by atoms with E-state index in [1.807, 2.05) is 41.5 Å². The SMILES string of the molecule is C=C(C)C.C=C(C)C.C=C(C)C.CC1NCCN(C)C1(C)C. The van der Waals surface area contributed by atoms with Crippen molar-refractivity contribution in [3.63, 3.8) is 0 Å². The van der Waals surface area contributed by atoms with Crippen LogP contribution in [-0.4, -0.2) is 36.6 Å². The standard InChI is InChI=1S/C8H18N2.3C4H8/c1-7-8(2,3)10(4)6-5-9-7;3*1-4(2)3/h7,9H,5-6H2,1-4H3;3*1H2,2-3H3. The highest BCUT2D eigenvalue weighted by Crippen LogP contribution is 2.19. The third-order valence-electron chi connectivity index (χ3n) is 2.94. The second-order valence-corrected chi connectivity index (χ2v) is 7.37. The molecule has 0 radical (unpaired) electrons. The quantitative estimate of drug-likeness (QED) is 0.600. The lowest BCUT2D eigenvalue weighted by Gasteiger charge is -2.45. The van der Waals surface area contributed by atoms with Crippen LogP contribution in [0.1, 0.15) is 62.3 Å². The Morgan fingerprint density at radius 3 is 1.36 bits per heavy atom. The van der Waals surface area contributed by atoms with Crippen molar-refractivity contribution >= 4 is 0 Å². The predicted molar refractivity (Wildman–Crippen MR) is 106 cm³/mol. The van der Waals surface area contributed by atoms with Crippen LogP contribution in [0, 0.1) is 0 Å². The van der Waals surface area contributed by atoms with Crippen molar-refractivity contribution in [1.29, 1.82) is 0 Å². The van der Waals surface area contributed by atoms with Crippen LogP contribution >= 0.6 is 0 Å². The van der Waals surface area contributed by atoms with E-state index in [0.717, 1.165) is 13.1 Å². The molecule has 1 aliphatic rings. The molecule has 1 saturated heterocycles. The van der Waals surface area contributed by atoms with Gasteiger partial charge in [-0.15, -0.1) is 19.7 Å². The highest BCUT2D eigenvalue weighted by molar-refractivity contribution is 4.93. The van der Waals surface area contributed by atoms with E-state index in [1.165, 1.54) is 16.7 Å². The minimum absolute atomic E-state index is 0.318. The number of hydrogen-bond acceptors (Lipinski definition) is 2. The Kier molecular flexibility index (Phi) is 16.3. The number of piperazine rings is 1. The highest BCUT2D eigenvalue weighted by Gasteiger charge is 2.32. The summed E-state index contributed by atoms with van der Waals surface area (Å²) in [5.41, 5.74) is 3.82. The van der Waals surface area contributed by atoms with Gasteiger partial charge in [-0.3, -0.25) is 4.90 Å². The fourth-order valence-corrected chi connectivity index (χ4v) is 1.32. The average Bonchev–Trinajstić information content (AvgIpc) is 2.24. The Morgan fingerprint density at radius 1 is 0.909 bits per heavy atom. The van der Waals surface area contributed by atoms with E-state index in [4.69, 9.17) is 0 Å². The molecule has 1 N–H and O–H groups in total. The zero-order valence-electron chi connectivity index (χ0n) is 17.1. The molecule has 1 heterocycles. The van der Waals surface area contributed by atoms with Crippen LogP contribution in [0.15, 0.2) is 36.5 Å².